The largest absolute Gasteiger partial charge is 0.433 e. The maximum absolute atomic E-state index is 13.5. The molecular formula is C29H38F2N7O3S+. The molecule has 2 aromatic carbocycles. The molecule has 0 aliphatic carbocycles. The second-order valence-electron chi connectivity index (χ2n) is 11.1. The van der Waals surface area contributed by atoms with Crippen LogP contribution in [0, 0.1) is 0 Å². The zero-order chi connectivity index (χ0) is 30.0. The molecule has 0 radical (unpaired) electrons. The topological polar surface area (TPSA) is 104 Å². The Morgan fingerprint density at radius 2 is 1.81 bits per heavy atom. The van der Waals surface area contributed by atoms with Gasteiger partial charge in [-0.25, -0.2) is 8.42 Å². The van der Waals surface area contributed by atoms with Crippen LogP contribution < -0.4 is 25.0 Å². The van der Waals surface area contributed by atoms with Crippen LogP contribution in [-0.2, 0) is 22.8 Å². The molecule has 0 atom stereocenters. The number of alkyl halides is 2. The van der Waals surface area contributed by atoms with Crippen LogP contribution in [0.25, 0.3) is 0 Å². The molecule has 0 amide bonds. The quantitative estimate of drug-likeness (QED) is 0.325. The van der Waals surface area contributed by atoms with Crippen molar-refractivity contribution in [2.45, 2.75) is 68.9 Å². The molecule has 5 rings (SSSR count). The van der Waals surface area contributed by atoms with Gasteiger partial charge < -0.3 is 25.2 Å². The van der Waals surface area contributed by atoms with E-state index in [0.717, 1.165) is 43.7 Å². The van der Waals surface area contributed by atoms with Gasteiger partial charge >= 0.3 is 6.61 Å². The maximum atomic E-state index is 13.5. The molecule has 0 saturated carbocycles. The van der Waals surface area contributed by atoms with Crippen LogP contribution in [0.5, 0.6) is 5.75 Å². The summed E-state index contributed by atoms with van der Waals surface area (Å²) in [6.07, 6.45) is 3.52. The Morgan fingerprint density at radius 1 is 1.07 bits per heavy atom. The van der Waals surface area contributed by atoms with Crippen molar-refractivity contribution in [1.82, 2.24) is 15.0 Å². The number of piperidine rings is 1. The molecule has 2 aliphatic rings. The zero-order valence-corrected chi connectivity index (χ0v) is 25.2. The van der Waals surface area contributed by atoms with Gasteiger partial charge in [-0.2, -0.15) is 13.8 Å². The first-order chi connectivity index (χ1) is 20.0. The molecule has 0 bridgehead atoms. The predicted molar refractivity (Wildman–Crippen MR) is 158 cm³/mol. The molecule has 42 heavy (non-hydrogen) atoms. The number of fused-ring (bicyclic) bond motifs is 1. The van der Waals surface area contributed by atoms with Crippen molar-refractivity contribution in [2.75, 3.05) is 42.7 Å². The first-order valence-electron chi connectivity index (χ1n) is 14.2. The maximum Gasteiger partial charge on any atom is 0.387 e. The van der Waals surface area contributed by atoms with Gasteiger partial charge in [-0.3, -0.25) is 0 Å². The number of para-hydroxylation sites is 1. The number of halogens is 2. The Hall–Kier alpha value is -3.58. The lowest BCUT2D eigenvalue weighted by molar-refractivity contribution is -0.747. The van der Waals surface area contributed by atoms with E-state index in [-0.39, 0.29) is 16.6 Å². The van der Waals surface area contributed by atoms with Crippen LogP contribution in [0.3, 0.4) is 0 Å². The Bertz CT molecular complexity index is 1530. The summed E-state index contributed by atoms with van der Waals surface area (Å²) in [4.78, 5) is 9.23. The smallest absolute Gasteiger partial charge is 0.387 e. The molecule has 3 aromatic rings. The molecular weight excluding hydrogens is 564 g/mol. The van der Waals surface area contributed by atoms with Crippen molar-refractivity contribution in [3.8, 4) is 5.75 Å². The molecule has 13 heteroatoms. The Balaban J connectivity index is 1.44. The van der Waals surface area contributed by atoms with Gasteiger partial charge in [0.2, 0.25) is 5.82 Å². The van der Waals surface area contributed by atoms with Crippen molar-refractivity contribution in [3.63, 3.8) is 0 Å². The van der Waals surface area contributed by atoms with Gasteiger partial charge in [0, 0.05) is 48.8 Å². The molecule has 1 aromatic heterocycles. The lowest BCUT2D eigenvalue weighted by atomic mass is 10.0. The van der Waals surface area contributed by atoms with Crippen LogP contribution in [-0.4, -0.2) is 68.5 Å². The summed E-state index contributed by atoms with van der Waals surface area (Å²) in [7, 11) is 0.582. The summed E-state index contributed by atoms with van der Waals surface area (Å²) >= 11 is 0. The fourth-order valence-electron chi connectivity index (χ4n) is 5.44. The molecule has 2 aliphatic heterocycles. The Labute approximate surface area is 245 Å². The Kier molecular flexibility index (Phi) is 8.78. The van der Waals surface area contributed by atoms with Crippen molar-refractivity contribution in [1.29, 1.82) is 0 Å². The van der Waals surface area contributed by atoms with Gasteiger partial charge in [0.05, 0.1) is 21.5 Å². The van der Waals surface area contributed by atoms with E-state index < -0.39 is 21.7 Å². The van der Waals surface area contributed by atoms with Crippen LogP contribution in [0.4, 0.5) is 37.6 Å². The number of anilines is 5. The molecule has 0 unspecified atom stereocenters. The highest BCUT2D eigenvalue weighted by molar-refractivity contribution is 7.92. The summed E-state index contributed by atoms with van der Waals surface area (Å²) in [5, 5.41) is 10.3. The number of sulfone groups is 1. The number of rotatable bonds is 10. The normalized spacial score (nSPS) is 15.9. The summed E-state index contributed by atoms with van der Waals surface area (Å²) in [6, 6.07) is 12.4. The van der Waals surface area contributed by atoms with E-state index in [0.29, 0.717) is 36.2 Å². The third-order valence-electron chi connectivity index (χ3n) is 7.86. The zero-order valence-electron chi connectivity index (χ0n) is 24.3. The highest BCUT2D eigenvalue weighted by atomic mass is 32.2. The van der Waals surface area contributed by atoms with E-state index in [4.69, 9.17) is 4.74 Å². The Morgan fingerprint density at radius 3 is 2.50 bits per heavy atom. The highest BCUT2D eigenvalue weighted by Crippen LogP contribution is 2.35. The van der Waals surface area contributed by atoms with Gasteiger partial charge in [-0.05, 0) is 65.0 Å². The second kappa shape index (κ2) is 12.3. The van der Waals surface area contributed by atoms with Crippen LogP contribution >= 0.6 is 0 Å². The number of nitrogens with zero attached hydrogens (tertiary/aromatic N) is 5. The molecule has 226 valence electrons. The van der Waals surface area contributed by atoms with Gasteiger partial charge in [-0.1, -0.05) is 16.8 Å². The van der Waals surface area contributed by atoms with Gasteiger partial charge in [0.1, 0.15) is 0 Å². The van der Waals surface area contributed by atoms with E-state index in [1.54, 1.807) is 54.9 Å². The fraction of sp³-hybridized carbons (Fsp3) is 0.483. The molecule has 0 spiro atoms. The van der Waals surface area contributed by atoms with Gasteiger partial charge in [0.15, 0.2) is 22.1 Å². The van der Waals surface area contributed by atoms with Gasteiger partial charge in [0.25, 0.3) is 11.6 Å². The number of aryl methyl sites for hydroxylation is 1. The van der Waals surface area contributed by atoms with Crippen LogP contribution in [0.15, 0.2) is 47.4 Å². The first-order valence-corrected chi connectivity index (χ1v) is 15.8. The number of benzene rings is 2. The average Bonchev–Trinajstić information content (AvgIpc) is 3.43. The minimum atomic E-state index is -3.56. The number of aromatic nitrogens is 3. The first kappa shape index (κ1) is 29.9. The lowest BCUT2D eigenvalue weighted by Gasteiger charge is -2.36. The third-order valence-corrected chi connectivity index (χ3v) is 10.1. The molecule has 2 N–H and O–H groups in total. The molecule has 1 fully saturated rings. The number of hydrogen-bond donors (Lipinski definition) is 2. The highest BCUT2D eigenvalue weighted by Gasteiger charge is 2.30. The average molecular weight is 603 g/mol. The number of hydrogen-bond acceptors (Lipinski definition) is 9. The number of nitrogens with one attached hydrogen (secondary N) is 2. The third kappa shape index (κ3) is 6.41. The SMILES string of the molecule is CC(C)S(=O)(=O)c1ccccc1Nc1nc(Nc2ccc(N3CCC(N(C)C)CC3)cc2OC(F)F)n[n+]2c1CCC2. The van der Waals surface area contributed by atoms with E-state index in [1.165, 1.54) is 0 Å². The van der Waals surface area contributed by atoms with Crippen molar-refractivity contribution >= 4 is 38.7 Å². The summed E-state index contributed by atoms with van der Waals surface area (Å²) in [5.74, 6) is 0.619. The monoisotopic (exact) mass is 602 g/mol. The summed E-state index contributed by atoms with van der Waals surface area (Å²) in [5.41, 5.74) is 2.35. The second-order valence-corrected chi connectivity index (χ2v) is 13.6. The summed E-state index contributed by atoms with van der Waals surface area (Å²) < 4.78 is 59.7. The number of ether oxygens (including phenoxy) is 1. The summed E-state index contributed by atoms with van der Waals surface area (Å²) in [6.45, 7) is 2.56. The lowest BCUT2D eigenvalue weighted by Crippen LogP contribution is -2.42. The van der Waals surface area contributed by atoms with Crippen molar-refractivity contribution in [3.05, 3.63) is 48.2 Å². The van der Waals surface area contributed by atoms with E-state index >= 15 is 0 Å². The van der Waals surface area contributed by atoms with Crippen molar-refractivity contribution < 1.29 is 26.6 Å². The van der Waals surface area contributed by atoms with Crippen LogP contribution in [0.2, 0.25) is 0 Å². The van der Waals surface area contributed by atoms with E-state index in [1.807, 2.05) is 6.07 Å². The van der Waals surface area contributed by atoms with Gasteiger partial charge in [-0.15, -0.1) is 0 Å². The fourth-order valence-corrected chi connectivity index (χ4v) is 6.64. The molecule has 3 heterocycles. The molecule has 1 saturated heterocycles. The van der Waals surface area contributed by atoms with Crippen molar-refractivity contribution in [2.24, 2.45) is 0 Å². The minimum absolute atomic E-state index is 0.00536. The van der Waals surface area contributed by atoms with E-state index in [2.05, 4.69) is 44.6 Å². The van der Waals surface area contributed by atoms with Crippen LogP contribution in [0.1, 0.15) is 38.8 Å². The predicted octanol–water partition coefficient (Wildman–Crippen LogP) is 4.51. The molecule has 10 nitrogen and oxygen atoms in total. The van der Waals surface area contributed by atoms with E-state index in [9.17, 15) is 17.2 Å². The minimum Gasteiger partial charge on any atom is -0.433 e. The standard InChI is InChI=1S/C29H38F2N7O3S/c1-19(2)42(39,40)26-10-6-5-8-23(26)32-27-24-9-7-15-38(24)35-29(34-27)33-22-12-11-21(18-25(22)41-28(30)31)37-16-13-20(14-17-37)36(3)4/h5-6,8,10-12,18-20,28H,7,9,13-17H2,1-4H3,(H2,32,33,34,35)/q+1.